The predicted octanol–water partition coefficient (Wildman–Crippen LogP) is 2.31. The van der Waals surface area contributed by atoms with E-state index in [1.165, 1.54) is 29.7 Å². The average Bonchev–Trinajstić information content (AvgIpc) is 2.67. The van der Waals surface area contributed by atoms with E-state index in [9.17, 15) is 9.18 Å². The van der Waals surface area contributed by atoms with Crippen molar-refractivity contribution in [2.75, 3.05) is 31.6 Å². The van der Waals surface area contributed by atoms with Crippen molar-refractivity contribution >= 4 is 11.3 Å². The highest BCUT2D eigenvalue weighted by Crippen LogP contribution is 2.24. The number of pyridine rings is 1. The number of anilines is 1. The molecule has 0 saturated carbocycles. The minimum absolute atomic E-state index is 0.158. The average molecular weight is 368 g/mol. The summed E-state index contributed by atoms with van der Waals surface area (Å²) in [5.41, 5.74) is 2.29. The topological polar surface area (TPSA) is 58.9 Å². The van der Waals surface area contributed by atoms with Crippen LogP contribution in [0.3, 0.4) is 0 Å². The number of rotatable bonds is 3. The highest BCUT2D eigenvalue weighted by Gasteiger charge is 2.17. The van der Waals surface area contributed by atoms with Crippen molar-refractivity contribution in [1.82, 2.24) is 14.7 Å². The van der Waals surface area contributed by atoms with Crippen LogP contribution in [0.15, 0.2) is 47.4 Å². The minimum Gasteiger partial charge on any atom is -0.494 e. The fourth-order valence-corrected chi connectivity index (χ4v) is 3.42. The Morgan fingerprint density at radius 1 is 1.26 bits per heavy atom. The van der Waals surface area contributed by atoms with Gasteiger partial charge in [0.15, 0.2) is 11.6 Å². The first-order valence-corrected chi connectivity index (χ1v) is 8.91. The Morgan fingerprint density at radius 3 is 2.85 bits per heavy atom. The van der Waals surface area contributed by atoms with Crippen molar-refractivity contribution in [2.24, 2.45) is 0 Å². The van der Waals surface area contributed by atoms with Gasteiger partial charge in [0, 0.05) is 43.5 Å². The number of halogens is 1. The summed E-state index contributed by atoms with van der Waals surface area (Å²) in [5, 5.41) is 3.41. The molecule has 0 spiro atoms. The zero-order chi connectivity index (χ0) is 19.0. The third-order valence-corrected chi connectivity index (χ3v) is 4.83. The molecule has 1 aliphatic rings. The van der Waals surface area contributed by atoms with E-state index in [4.69, 9.17) is 4.74 Å². The first kappa shape index (κ1) is 17.5. The third-order valence-electron chi connectivity index (χ3n) is 4.83. The van der Waals surface area contributed by atoms with Gasteiger partial charge in [-0.2, -0.15) is 0 Å². The smallest absolute Gasteiger partial charge is 0.258 e. The van der Waals surface area contributed by atoms with Gasteiger partial charge in [-0.05, 0) is 37.3 Å². The van der Waals surface area contributed by atoms with Crippen LogP contribution >= 0.6 is 0 Å². The molecule has 27 heavy (non-hydrogen) atoms. The molecule has 1 atom stereocenters. The molecule has 0 unspecified atom stereocenters. The maximum absolute atomic E-state index is 14.0. The zero-order valence-corrected chi connectivity index (χ0v) is 15.3. The SMILES string of the molecule is COc1ccc(-c2cc(=O)n3cc(N4CCN[C@@H](C)C4)ccc3n2)cc1F. The van der Waals surface area contributed by atoms with Crippen molar-refractivity contribution in [3.05, 3.63) is 58.8 Å². The van der Waals surface area contributed by atoms with Gasteiger partial charge in [0.2, 0.25) is 0 Å². The normalized spacial score (nSPS) is 17.3. The van der Waals surface area contributed by atoms with Crippen LogP contribution in [-0.4, -0.2) is 42.2 Å². The van der Waals surface area contributed by atoms with Gasteiger partial charge in [-0.1, -0.05) is 0 Å². The molecule has 0 bridgehead atoms. The van der Waals surface area contributed by atoms with E-state index >= 15 is 0 Å². The van der Waals surface area contributed by atoms with Crippen molar-refractivity contribution < 1.29 is 9.13 Å². The van der Waals surface area contributed by atoms with E-state index in [1.54, 1.807) is 6.07 Å². The summed E-state index contributed by atoms with van der Waals surface area (Å²) in [6.45, 7) is 4.83. The number of aromatic nitrogens is 2. The fraction of sp³-hybridized carbons (Fsp3) is 0.300. The summed E-state index contributed by atoms with van der Waals surface area (Å²) in [7, 11) is 1.41. The molecular formula is C20H21FN4O2. The Bertz CT molecular complexity index is 1050. The molecule has 1 aromatic carbocycles. The van der Waals surface area contributed by atoms with E-state index in [0.29, 0.717) is 22.9 Å². The number of piperazine rings is 1. The number of benzene rings is 1. The van der Waals surface area contributed by atoms with Crippen LogP contribution in [0.4, 0.5) is 10.1 Å². The van der Waals surface area contributed by atoms with Gasteiger partial charge in [0.25, 0.3) is 5.56 Å². The second-order valence-electron chi connectivity index (χ2n) is 6.75. The standard InChI is InChI=1S/C20H21FN4O2/c1-13-11-24(8-7-22-13)15-4-6-19-23-17(10-20(26)25(19)12-15)14-3-5-18(27-2)16(21)9-14/h3-6,9-10,12-13,22H,7-8,11H2,1-2H3/t13-/m0/s1. The second-order valence-corrected chi connectivity index (χ2v) is 6.75. The molecule has 3 aromatic rings. The van der Waals surface area contributed by atoms with Crippen LogP contribution in [0.5, 0.6) is 5.75 Å². The van der Waals surface area contributed by atoms with Crippen LogP contribution in [0.2, 0.25) is 0 Å². The first-order chi connectivity index (χ1) is 13.0. The predicted molar refractivity (Wildman–Crippen MR) is 103 cm³/mol. The fourth-order valence-electron chi connectivity index (χ4n) is 3.42. The zero-order valence-electron chi connectivity index (χ0n) is 15.3. The molecule has 1 N–H and O–H groups in total. The lowest BCUT2D eigenvalue weighted by molar-refractivity contribution is 0.386. The highest BCUT2D eigenvalue weighted by atomic mass is 19.1. The Labute approximate surface area is 156 Å². The Kier molecular flexibility index (Phi) is 4.53. The lowest BCUT2D eigenvalue weighted by Gasteiger charge is -2.33. The summed E-state index contributed by atoms with van der Waals surface area (Å²) in [6.07, 6.45) is 1.82. The Balaban J connectivity index is 1.73. The first-order valence-electron chi connectivity index (χ1n) is 8.91. The van der Waals surface area contributed by atoms with Gasteiger partial charge < -0.3 is 15.0 Å². The summed E-state index contributed by atoms with van der Waals surface area (Å²) in [4.78, 5) is 19.4. The lowest BCUT2D eigenvalue weighted by atomic mass is 10.1. The third kappa shape index (κ3) is 3.38. The van der Waals surface area contributed by atoms with Gasteiger partial charge in [0.05, 0.1) is 18.5 Å². The van der Waals surface area contributed by atoms with Crippen LogP contribution < -0.4 is 20.5 Å². The largest absolute Gasteiger partial charge is 0.494 e. The lowest BCUT2D eigenvalue weighted by Crippen LogP contribution is -2.49. The van der Waals surface area contributed by atoms with Crippen molar-refractivity contribution in [3.63, 3.8) is 0 Å². The molecule has 0 amide bonds. The quantitative estimate of drug-likeness (QED) is 0.769. The molecule has 1 saturated heterocycles. The monoisotopic (exact) mass is 368 g/mol. The summed E-state index contributed by atoms with van der Waals surface area (Å²) in [5.74, 6) is -0.327. The van der Waals surface area contributed by atoms with Crippen LogP contribution in [-0.2, 0) is 0 Å². The Hall–Kier alpha value is -2.93. The van der Waals surface area contributed by atoms with Crippen LogP contribution in [0, 0.1) is 5.82 Å². The molecule has 0 aliphatic carbocycles. The number of nitrogens with zero attached hydrogens (tertiary/aromatic N) is 3. The number of hydrogen-bond donors (Lipinski definition) is 1. The van der Waals surface area contributed by atoms with E-state index in [1.807, 2.05) is 18.3 Å². The Morgan fingerprint density at radius 2 is 2.11 bits per heavy atom. The molecule has 4 rings (SSSR count). The molecule has 1 fully saturated rings. The molecule has 7 heteroatoms. The van der Waals surface area contributed by atoms with Gasteiger partial charge in [0.1, 0.15) is 5.65 Å². The van der Waals surface area contributed by atoms with Crippen LogP contribution in [0.25, 0.3) is 16.9 Å². The minimum atomic E-state index is -0.486. The van der Waals surface area contributed by atoms with Gasteiger partial charge in [-0.15, -0.1) is 0 Å². The van der Waals surface area contributed by atoms with E-state index in [0.717, 1.165) is 25.3 Å². The molecule has 1 aliphatic heterocycles. The molecule has 2 aromatic heterocycles. The number of methoxy groups -OCH3 is 1. The summed E-state index contributed by atoms with van der Waals surface area (Å²) < 4.78 is 20.5. The maximum Gasteiger partial charge on any atom is 0.258 e. The number of ether oxygens (including phenoxy) is 1. The molecule has 6 nitrogen and oxygen atoms in total. The summed E-state index contributed by atoms with van der Waals surface area (Å²) >= 11 is 0. The number of hydrogen-bond acceptors (Lipinski definition) is 5. The van der Waals surface area contributed by atoms with E-state index < -0.39 is 5.82 Å². The van der Waals surface area contributed by atoms with Crippen molar-refractivity contribution in [1.29, 1.82) is 0 Å². The van der Waals surface area contributed by atoms with Crippen molar-refractivity contribution in [3.8, 4) is 17.0 Å². The highest BCUT2D eigenvalue weighted by molar-refractivity contribution is 5.63. The van der Waals surface area contributed by atoms with Gasteiger partial charge in [-0.3, -0.25) is 9.20 Å². The number of fused-ring (bicyclic) bond motifs is 1. The molecule has 140 valence electrons. The second kappa shape index (κ2) is 7.00. The van der Waals surface area contributed by atoms with Gasteiger partial charge in [-0.25, -0.2) is 9.37 Å². The molecular weight excluding hydrogens is 347 g/mol. The van der Waals surface area contributed by atoms with Crippen LogP contribution in [0.1, 0.15) is 6.92 Å². The molecule has 3 heterocycles. The summed E-state index contributed by atoms with van der Waals surface area (Å²) in [6, 6.07) is 10.2. The molecule has 0 radical (unpaired) electrons. The van der Waals surface area contributed by atoms with Gasteiger partial charge >= 0.3 is 0 Å². The maximum atomic E-state index is 14.0. The van der Waals surface area contributed by atoms with E-state index in [-0.39, 0.29) is 11.3 Å². The van der Waals surface area contributed by atoms with E-state index in [2.05, 4.69) is 22.1 Å². The van der Waals surface area contributed by atoms with Crippen molar-refractivity contribution in [2.45, 2.75) is 13.0 Å². The number of nitrogens with one attached hydrogen (secondary N) is 1.